The Balaban J connectivity index is 3.38. The number of hydrogen-bond donors (Lipinski definition) is 15. The molecule has 1 fully saturated rings. The molecule has 80 heavy (non-hydrogen) atoms. The third-order valence-corrected chi connectivity index (χ3v) is 13.7. The summed E-state index contributed by atoms with van der Waals surface area (Å²) in [4.78, 5) is 150. The number of carboxylic acids is 1. The number of primary amides is 1. The van der Waals surface area contributed by atoms with E-state index in [-0.39, 0.29) is 64.0 Å². The molecular formula is C53H98N14O13. The quantitative estimate of drug-likeness (QED) is 0.0279. The van der Waals surface area contributed by atoms with Crippen LogP contribution in [0.3, 0.4) is 0 Å². The molecule has 10 amide bonds. The van der Waals surface area contributed by atoms with E-state index in [1.165, 1.54) is 11.8 Å². The van der Waals surface area contributed by atoms with Gasteiger partial charge in [-0.15, -0.1) is 0 Å². The number of aliphatic carboxylic acids is 1. The summed E-state index contributed by atoms with van der Waals surface area (Å²) in [6, 6.07) is -12.6. The number of hydrogen-bond acceptors (Lipinski definition) is 16. The van der Waals surface area contributed by atoms with Gasteiger partial charge in [0.05, 0.1) is 12.1 Å². The average molecular weight is 1140 g/mol. The number of aliphatic hydroxyl groups excluding tert-OH is 1. The van der Waals surface area contributed by atoms with Crippen LogP contribution in [0, 0.1) is 23.7 Å². The van der Waals surface area contributed by atoms with Crippen molar-refractivity contribution >= 4 is 65.0 Å². The fraction of sp³-hybridized carbons (Fsp3) is 0.792. The minimum atomic E-state index is -1.49. The SMILES string of the molecule is CC(C)C[C@H](NC(=O)[C@@H](NC(=O)[C@H](CCCCN)NC(=O)[C@@H](NC(=O)[C@@H](N)CCCCN)[C@@H](C)O)C(C)C)C(=O)N[C@H](C(=O)N[C@H](C(=O)N[C@@H](CCC(N)=O)C(=O)N1CCC[C@H]1C(=O)N[C@@H](CCCCN)C(=O)O)C(C)C)C(C)C. The number of likely N-dealkylation sites (tertiary alicyclic amines) is 1. The number of carbonyl (C=O) groups excluding carboxylic acids is 10. The lowest BCUT2D eigenvalue weighted by Crippen LogP contribution is -2.62. The fourth-order valence-electron chi connectivity index (χ4n) is 8.98. The molecular weight excluding hydrogens is 1040 g/mol. The van der Waals surface area contributed by atoms with Crippen molar-refractivity contribution in [2.24, 2.45) is 52.3 Å². The molecule has 458 valence electrons. The molecule has 1 aliphatic rings. The van der Waals surface area contributed by atoms with Crippen molar-refractivity contribution in [1.82, 2.24) is 47.4 Å². The first-order chi connectivity index (χ1) is 37.5. The highest BCUT2D eigenvalue weighted by molar-refractivity contribution is 5.99. The molecule has 0 radical (unpaired) electrons. The van der Waals surface area contributed by atoms with E-state index in [2.05, 4.69) is 42.5 Å². The van der Waals surface area contributed by atoms with Crippen LogP contribution in [0.5, 0.6) is 0 Å². The first kappa shape index (κ1) is 72.0. The van der Waals surface area contributed by atoms with Crippen molar-refractivity contribution in [2.75, 3.05) is 26.2 Å². The van der Waals surface area contributed by atoms with Crippen LogP contribution >= 0.6 is 0 Å². The summed E-state index contributed by atoms with van der Waals surface area (Å²) in [6.07, 6.45) is 2.17. The van der Waals surface area contributed by atoms with Crippen LogP contribution in [0.2, 0.25) is 0 Å². The lowest BCUT2D eigenvalue weighted by Gasteiger charge is -2.32. The molecule has 1 aliphatic heterocycles. The largest absolute Gasteiger partial charge is 0.480 e. The van der Waals surface area contributed by atoms with Crippen LogP contribution in [0.1, 0.15) is 152 Å². The highest BCUT2D eigenvalue weighted by Gasteiger charge is 2.41. The van der Waals surface area contributed by atoms with E-state index in [0.29, 0.717) is 58.0 Å². The summed E-state index contributed by atoms with van der Waals surface area (Å²) in [7, 11) is 0. The van der Waals surface area contributed by atoms with Crippen LogP contribution < -0.4 is 71.2 Å². The second kappa shape index (κ2) is 37.1. The number of nitrogens with two attached hydrogens (primary N) is 5. The Morgan fingerprint density at radius 2 is 0.912 bits per heavy atom. The van der Waals surface area contributed by atoms with Crippen LogP contribution in [0.25, 0.3) is 0 Å². The average Bonchev–Trinajstić information content (AvgIpc) is 3.88. The van der Waals surface area contributed by atoms with Gasteiger partial charge in [-0.05, 0) is 127 Å². The van der Waals surface area contributed by atoms with Gasteiger partial charge in [0.15, 0.2) is 0 Å². The maximum Gasteiger partial charge on any atom is 0.326 e. The number of amides is 10. The maximum absolute atomic E-state index is 14.2. The van der Waals surface area contributed by atoms with E-state index in [1.807, 2.05) is 0 Å². The van der Waals surface area contributed by atoms with Gasteiger partial charge in [0, 0.05) is 13.0 Å². The summed E-state index contributed by atoms with van der Waals surface area (Å²) in [5.74, 6) is -10.9. The summed E-state index contributed by atoms with van der Waals surface area (Å²) in [5, 5.41) is 41.3. The number of aliphatic hydroxyl groups is 1. The van der Waals surface area contributed by atoms with Crippen molar-refractivity contribution in [3.05, 3.63) is 0 Å². The first-order valence-corrected chi connectivity index (χ1v) is 28.3. The smallest absolute Gasteiger partial charge is 0.326 e. The monoisotopic (exact) mass is 1140 g/mol. The van der Waals surface area contributed by atoms with Gasteiger partial charge in [-0.25, -0.2) is 4.79 Å². The van der Waals surface area contributed by atoms with Crippen LogP contribution in [-0.4, -0.2) is 173 Å². The predicted molar refractivity (Wildman–Crippen MR) is 299 cm³/mol. The van der Waals surface area contributed by atoms with Crippen molar-refractivity contribution < 1.29 is 63.0 Å². The molecule has 0 unspecified atom stereocenters. The molecule has 0 bridgehead atoms. The number of nitrogens with one attached hydrogen (secondary N) is 8. The highest BCUT2D eigenvalue weighted by Crippen LogP contribution is 2.21. The van der Waals surface area contributed by atoms with Gasteiger partial charge in [0.25, 0.3) is 0 Å². The van der Waals surface area contributed by atoms with E-state index in [4.69, 9.17) is 28.7 Å². The Hall–Kier alpha value is -6.03. The summed E-state index contributed by atoms with van der Waals surface area (Å²) in [5.41, 5.74) is 28.3. The number of carboxylic acid groups (broad SMARTS) is 1. The minimum Gasteiger partial charge on any atom is -0.480 e. The molecule has 0 aromatic carbocycles. The zero-order chi connectivity index (χ0) is 61.0. The second-order valence-electron chi connectivity index (χ2n) is 22.3. The van der Waals surface area contributed by atoms with Crippen molar-refractivity contribution in [1.29, 1.82) is 0 Å². The van der Waals surface area contributed by atoms with Gasteiger partial charge in [-0.3, -0.25) is 47.9 Å². The molecule has 1 rings (SSSR count). The Morgan fingerprint density at radius 3 is 1.36 bits per heavy atom. The predicted octanol–water partition coefficient (Wildman–Crippen LogP) is -2.68. The zero-order valence-electron chi connectivity index (χ0n) is 48.6. The number of unbranched alkanes of at least 4 members (excludes halogenated alkanes) is 3. The Morgan fingerprint density at radius 1 is 0.500 bits per heavy atom. The van der Waals surface area contributed by atoms with E-state index >= 15 is 0 Å². The fourth-order valence-corrected chi connectivity index (χ4v) is 8.98. The molecule has 27 heteroatoms. The van der Waals surface area contributed by atoms with Crippen LogP contribution in [0.4, 0.5) is 0 Å². The maximum atomic E-state index is 14.2. The third kappa shape index (κ3) is 25.2. The lowest BCUT2D eigenvalue weighted by atomic mass is 9.97. The standard InChI is InChI=1S/C53H98N14O13/c1-28(2)27-37(62-49(75)40(29(3)4)63-45(71)34(18-11-14-24-55)59-51(77)43(32(9)68)66-44(70)33(57)17-10-13-23-54)46(72)64-42(31(7)8)50(76)65-41(30(5)6)48(74)60-35(21-22-39(58)69)52(78)67-26-16-20-38(67)47(73)61-36(53(79)80)19-12-15-25-56/h28-38,40-43,68H,10-27,54-57H2,1-9H3,(H2,58,69)(H,59,77)(H,60,74)(H,61,73)(H,62,75)(H,63,71)(H,64,72)(H,65,76)(H,66,70)(H,79,80)/t32-,33+,34+,35+,36+,37+,38+,40+,41+,42+,43+/m1/s1. The number of carbonyl (C=O) groups is 11. The molecule has 1 saturated heterocycles. The van der Waals surface area contributed by atoms with E-state index in [1.54, 1.807) is 55.4 Å². The summed E-state index contributed by atoms with van der Waals surface area (Å²) >= 11 is 0. The zero-order valence-corrected chi connectivity index (χ0v) is 48.6. The number of nitrogens with zero attached hydrogens (tertiary/aromatic N) is 1. The third-order valence-electron chi connectivity index (χ3n) is 13.7. The normalized spacial score (nSPS) is 17.2. The molecule has 1 heterocycles. The molecule has 0 aromatic heterocycles. The van der Waals surface area contributed by atoms with Gasteiger partial charge < -0.3 is 86.3 Å². The van der Waals surface area contributed by atoms with Gasteiger partial charge in [0.1, 0.15) is 54.4 Å². The molecule has 20 N–H and O–H groups in total. The van der Waals surface area contributed by atoms with Crippen molar-refractivity contribution in [3.8, 4) is 0 Å². The molecule has 27 nitrogen and oxygen atoms in total. The second-order valence-corrected chi connectivity index (χ2v) is 22.3. The summed E-state index contributed by atoms with van der Waals surface area (Å²) < 4.78 is 0. The summed E-state index contributed by atoms with van der Waals surface area (Å²) in [6.45, 7) is 15.9. The molecule has 0 saturated carbocycles. The van der Waals surface area contributed by atoms with Gasteiger partial charge in [-0.2, -0.15) is 0 Å². The topological polar surface area (TPSA) is 458 Å². The van der Waals surface area contributed by atoms with E-state index in [9.17, 15) is 63.0 Å². The number of rotatable bonds is 39. The molecule has 0 spiro atoms. The Bertz CT molecular complexity index is 2040. The van der Waals surface area contributed by atoms with Crippen LogP contribution in [0.15, 0.2) is 0 Å². The Kier molecular flexibility index (Phi) is 33.4. The van der Waals surface area contributed by atoms with Gasteiger partial charge in [0.2, 0.25) is 59.1 Å². The van der Waals surface area contributed by atoms with Crippen LogP contribution in [-0.2, 0) is 52.7 Å². The Labute approximate surface area is 471 Å². The minimum absolute atomic E-state index is 0.0679. The van der Waals surface area contributed by atoms with E-state index in [0.717, 1.165) is 0 Å². The lowest BCUT2D eigenvalue weighted by molar-refractivity contribution is -0.145. The van der Waals surface area contributed by atoms with Gasteiger partial charge >= 0.3 is 5.97 Å². The highest BCUT2D eigenvalue weighted by atomic mass is 16.4. The molecule has 0 aromatic rings. The first-order valence-electron chi connectivity index (χ1n) is 28.3. The molecule has 11 atom stereocenters. The van der Waals surface area contributed by atoms with Crippen molar-refractivity contribution in [2.45, 2.75) is 219 Å². The van der Waals surface area contributed by atoms with E-state index < -0.39 is 149 Å². The molecule has 0 aliphatic carbocycles. The van der Waals surface area contributed by atoms with Gasteiger partial charge in [-0.1, -0.05) is 61.8 Å². The van der Waals surface area contributed by atoms with Crippen molar-refractivity contribution in [3.63, 3.8) is 0 Å².